The maximum atomic E-state index is 4.93. The molecule has 0 aromatic heterocycles. The third kappa shape index (κ3) is 18.0. The first kappa shape index (κ1) is 18.7. The lowest BCUT2D eigenvalue weighted by molar-refractivity contribution is -0.0254. The van der Waals surface area contributed by atoms with Crippen LogP contribution >= 0.6 is 0 Å². The van der Waals surface area contributed by atoms with E-state index < -0.39 is 0 Å². The van der Waals surface area contributed by atoms with E-state index in [1.54, 1.807) is 13.1 Å². The van der Waals surface area contributed by atoms with Gasteiger partial charge in [-0.05, 0) is 19.8 Å². The van der Waals surface area contributed by atoms with Crippen molar-refractivity contribution in [3.8, 4) is 0 Å². The average molecular weight is 247 g/mol. The van der Waals surface area contributed by atoms with Gasteiger partial charge in [0.15, 0.2) is 6.29 Å². The minimum Gasteiger partial charge on any atom is -0.399 e. The fraction of sp³-hybridized carbons (Fsp3) is 0.923. The summed E-state index contributed by atoms with van der Waals surface area (Å²) in [4.78, 5) is 4.26. The van der Waals surface area contributed by atoms with E-state index in [4.69, 9.17) is 9.47 Å². The highest BCUT2D eigenvalue weighted by atomic mass is 16.7. The van der Waals surface area contributed by atoms with Crippen LogP contribution < -0.4 is 0 Å². The fourth-order valence-corrected chi connectivity index (χ4v) is 0.870. The van der Waals surface area contributed by atoms with Crippen LogP contribution in [-0.2, 0) is 14.3 Å². The summed E-state index contributed by atoms with van der Waals surface area (Å²) in [5, 5.41) is 3.35. The van der Waals surface area contributed by atoms with Crippen LogP contribution in [0.2, 0.25) is 0 Å². The zero-order valence-corrected chi connectivity index (χ0v) is 12.2. The molecule has 1 fully saturated rings. The van der Waals surface area contributed by atoms with Gasteiger partial charge in [-0.15, -0.1) is 5.16 Å². The number of oxime groups is 1. The van der Waals surface area contributed by atoms with Gasteiger partial charge < -0.3 is 14.3 Å². The number of nitrogens with zero attached hydrogens (tertiary/aromatic N) is 1. The lowest BCUT2D eigenvalue weighted by Crippen LogP contribution is -1.97. The smallest absolute Gasteiger partial charge is 0.155 e. The first-order valence-electron chi connectivity index (χ1n) is 6.36. The van der Waals surface area contributed by atoms with Gasteiger partial charge in [-0.3, -0.25) is 0 Å². The quantitative estimate of drug-likeness (QED) is 0.566. The molecule has 0 aromatic carbocycles. The molecule has 0 amide bonds. The van der Waals surface area contributed by atoms with E-state index in [0.717, 1.165) is 19.1 Å². The van der Waals surface area contributed by atoms with E-state index in [-0.39, 0.29) is 6.29 Å². The van der Waals surface area contributed by atoms with Crippen molar-refractivity contribution < 1.29 is 14.3 Å². The summed E-state index contributed by atoms with van der Waals surface area (Å²) in [6.07, 6.45) is 4.29. The molecule has 0 atom stereocenters. The van der Waals surface area contributed by atoms with E-state index >= 15 is 0 Å². The Morgan fingerprint density at radius 1 is 1.29 bits per heavy atom. The molecular formula is C13H29NO3. The Labute approximate surface area is 106 Å². The maximum Gasteiger partial charge on any atom is 0.155 e. The Hall–Kier alpha value is -0.610. The Balaban J connectivity index is 0. The van der Waals surface area contributed by atoms with Crippen molar-refractivity contribution in [3.05, 3.63) is 0 Å². The van der Waals surface area contributed by atoms with Crippen molar-refractivity contribution in [1.29, 1.82) is 0 Å². The summed E-state index contributed by atoms with van der Waals surface area (Å²) < 4.78 is 9.86. The summed E-state index contributed by atoms with van der Waals surface area (Å²) in [5.74, 6) is 0.935. The molecular weight excluding hydrogens is 218 g/mol. The van der Waals surface area contributed by atoms with Gasteiger partial charge in [0.25, 0.3) is 0 Å². The van der Waals surface area contributed by atoms with Crippen molar-refractivity contribution in [2.45, 2.75) is 53.8 Å². The first-order valence-corrected chi connectivity index (χ1v) is 6.36. The molecule has 1 heterocycles. The minimum atomic E-state index is 0.0463. The fourth-order valence-electron chi connectivity index (χ4n) is 0.870. The van der Waals surface area contributed by atoms with Crippen LogP contribution in [0.15, 0.2) is 5.16 Å². The summed E-state index contributed by atoms with van der Waals surface area (Å²) in [6, 6.07) is 0. The maximum absolute atomic E-state index is 4.93. The first-order chi connectivity index (χ1) is 8.12. The molecule has 1 aliphatic rings. The third-order valence-corrected chi connectivity index (χ3v) is 2.39. The zero-order chi connectivity index (χ0) is 13.5. The lowest BCUT2D eigenvalue weighted by Gasteiger charge is -1.98. The van der Waals surface area contributed by atoms with Crippen molar-refractivity contribution >= 4 is 6.21 Å². The van der Waals surface area contributed by atoms with E-state index in [9.17, 15) is 0 Å². The van der Waals surface area contributed by atoms with E-state index in [0.29, 0.717) is 0 Å². The van der Waals surface area contributed by atoms with E-state index in [1.165, 1.54) is 20.0 Å². The standard InChI is InChI=1S/C6H14.C4H8O2.C3H7NO/c1-4-6(3)5-2;1-4-5-2-3-6-4;1-3-4-5-2/h6H,4-5H2,1-3H3;4H,2-3H2,1H3;3H,1-2H3/b;;4-3+. The highest BCUT2D eigenvalue weighted by Crippen LogP contribution is 2.02. The van der Waals surface area contributed by atoms with Crippen molar-refractivity contribution in [2.75, 3.05) is 20.3 Å². The van der Waals surface area contributed by atoms with Gasteiger partial charge in [-0.1, -0.05) is 33.6 Å². The van der Waals surface area contributed by atoms with Crippen molar-refractivity contribution in [3.63, 3.8) is 0 Å². The van der Waals surface area contributed by atoms with Crippen LogP contribution in [0, 0.1) is 5.92 Å². The van der Waals surface area contributed by atoms with Crippen LogP contribution in [-0.4, -0.2) is 32.8 Å². The number of ether oxygens (including phenoxy) is 2. The van der Waals surface area contributed by atoms with Gasteiger partial charge in [0.1, 0.15) is 7.11 Å². The minimum absolute atomic E-state index is 0.0463. The van der Waals surface area contributed by atoms with E-state index in [2.05, 4.69) is 30.8 Å². The predicted octanol–water partition coefficient (Wildman–Crippen LogP) is 3.46. The molecule has 0 unspecified atom stereocenters. The number of hydrogen-bond acceptors (Lipinski definition) is 4. The Morgan fingerprint density at radius 3 is 1.82 bits per heavy atom. The predicted molar refractivity (Wildman–Crippen MR) is 72.3 cm³/mol. The molecule has 104 valence electrons. The van der Waals surface area contributed by atoms with Gasteiger partial charge in [0.2, 0.25) is 0 Å². The third-order valence-electron chi connectivity index (χ3n) is 2.39. The molecule has 0 bridgehead atoms. The monoisotopic (exact) mass is 247 g/mol. The second-order valence-electron chi connectivity index (χ2n) is 3.78. The highest BCUT2D eigenvalue weighted by Gasteiger charge is 2.07. The Bertz CT molecular complexity index is 153. The topological polar surface area (TPSA) is 40.0 Å². The molecule has 1 aliphatic heterocycles. The van der Waals surface area contributed by atoms with Crippen LogP contribution in [0.3, 0.4) is 0 Å². The van der Waals surface area contributed by atoms with Gasteiger partial charge in [0.05, 0.1) is 13.2 Å². The molecule has 4 nitrogen and oxygen atoms in total. The molecule has 0 saturated carbocycles. The second-order valence-corrected chi connectivity index (χ2v) is 3.78. The Morgan fingerprint density at radius 2 is 1.76 bits per heavy atom. The van der Waals surface area contributed by atoms with Gasteiger partial charge in [-0.25, -0.2) is 0 Å². The largest absolute Gasteiger partial charge is 0.399 e. The molecule has 1 rings (SSSR count). The molecule has 4 heteroatoms. The molecule has 0 aromatic rings. The van der Waals surface area contributed by atoms with Gasteiger partial charge in [0, 0.05) is 6.21 Å². The van der Waals surface area contributed by atoms with Crippen LogP contribution in [0.25, 0.3) is 0 Å². The summed E-state index contributed by atoms with van der Waals surface area (Å²) in [6.45, 7) is 12.0. The molecule has 0 N–H and O–H groups in total. The van der Waals surface area contributed by atoms with Crippen LogP contribution in [0.1, 0.15) is 47.5 Å². The summed E-state index contributed by atoms with van der Waals surface area (Å²) >= 11 is 0. The van der Waals surface area contributed by atoms with Gasteiger partial charge >= 0.3 is 0 Å². The molecule has 1 saturated heterocycles. The number of rotatable bonds is 3. The molecule has 0 spiro atoms. The van der Waals surface area contributed by atoms with Crippen molar-refractivity contribution in [2.24, 2.45) is 11.1 Å². The summed E-state index contributed by atoms with van der Waals surface area (Å²) in [7, 11) is 1.51. The zero-order valence-electron chi connectivity index (χ0n) is 12.2. The molecule has 0 radical (unpaired) electrons. The van der Waals surface area contributed by atoms with Gasteiger partial charge in [-0.2, -0.15) is 0 Å². The molecule has 17 heavy (non-hydrogen) atoms. The average Bonchev–Trinajstić information content (AvgIpc) is 2.82. The van der Waals surface area contributed by atoms with E-state index in [1.807, 2.05) is 6.92 Å². The SMILES string of the molecule is C/C=N/OC.CC1OCCO1.CCC(C)CC. The Kier molecular flexibility index (Phi) is 17.0. The normalized spacial score (nSPS) is 15.2. The van der Waals surface area contributed by atoms with Crippen LogP contribution in [0.4, 0.5) is 0 Å². The summed E-state index contributed by atoms with van der Waals surface area (Å²) in [5.41, 5.74) is 0. The lowest BCUT2D eigenvalue weighted by atomic mass is 10.1. The highest BCUT2D eigenvalue weighted by molar-refractivity contribution is 5.52. The van der Waals surface area contributed by atoms with Crippen LogP contribution in [0.5, 0.6) is 0 Å². The van der Waals surface area contributed by atoms with Crippen molar-refractivity contribution in [1.82, 2.24) is 0 Å². The molecule has 0 aliphatic carbocycles. The number of hydrogen-bond donors (Lipinski definition) is 0. The second kappa shape index (κ2) is 15.4.